The number of hydrogen-bond donors (Lipinski definition) is 0. The Bertz CT molecular complexity index is 884. The monoisotopic (exact) mass is 332 g/mol. The van der Waals surface area contributed by atoms with E-state index in [1.165, 1.54) is 23.5 Å². The molecule has 1 aromatic carbocycles. The number of benzene rings is 1. The fourth-order valence-corrected chi connectivity index (χ4v) is 3.55. The fourth-order valence-electron chi connectivity index (χ4n) is 2.59. The molecule has 23 heavy (non-hydrogen) atoms. The molecule has 0 unspecified atom stereocenters. The maximum Gasteiger partial charge on any atom is 0.262 e. The summed E-state index contributed by atoms with van der Waals surface area (Å²) in [6.45, 7) is 2.90. The molecule has 0 fully saturated rings. The second-order valence-corrected chi connectivity index (χ2v) is 6.03. The van der Waals surface area contributed by atoms with E-state index in [4.69, 9.17) is 4.74 Å². The topological polar surface area (TPSA) is 44.1 Å². The molecule has 0 saturated carbocycles. The third-order valence-electron chi connectivity index (χ3n) is 3.76. The first-order valence-corrected chi connectivity index (χ1v) is 8.29. The lowest BCUT2D eigenvalue weighted by Crippen LogP contribution is -2.26. The summed E-state index contributed by atoms with van der Waals surface area (Å²) < 4.78 is 19.9. The molecule has 3 aromatic rings. The highest BCUT2D eigenvalue weighted by molar-refractivity contribution is 7.17. The van der Waals surface area contributed by atoms with Crippen molar-refractivity contribution >= 4 is 21.6 Å². The van der Waals surface area contributed by atoms with Crippen LogP contribution in [0, 0.1) is 5.82 Å². The first kappa shape index (κ1) is 15.8. The van der Waals surface area contributed by atoms with Gasteiger partial charge in [-0.05, 0) is 17.7 Å². The van der Waals surface area contributed by atoms with Crippen LogP contribution in [-0.2, 0) is 17.7 Å². The standard InChI is InChI=1S/C17H17FN2O2S/c1-3-14-19-16-15(17(21)20(14)8-9-22-2)13(10-23-16)11-4-6-12(18)7-5-11/h4-7,10H,3,8-9H2,1-2H3. The number of ether oxygens (including phenoxy) is 1. The molecule has 6 heteroatoms. The molecule has 4 nitrogen and oxygen atoms in total. The minimum atomic E-state index is -0.294. The number of thiophene rings is 1. The lowest BCUT2D eigenvalue weighted by atomic mass is 10.1. The summed E-state index contributed by atoms with van der Waals surface area (Å²) in [4.78, 5) is 18.3. The van der Waals surface area contributed by atoms with Crippen molar-refractivity contribution in [2.24, 2.45) is 0 Å². The number of aryl methyl sites for hydroxylation is 1. The van der Waals surface area contributed by atoms with E-state index < -0.39 is 0 Å². The molecular weight excluding hydrogens is 315 g/mol. The van der Waals surface area contributed by atoms with Crippen LogP contribution in [0.15, 0.2) is 34.4 Å². The van der Waals surface area contributed by atoms with E-state index in [1.54, 1.807) is 23.8 Å². The quantitative estimate of drug-likeness (QED) is 0.718. The van der Waals surface area contributed by atoms with Gasteiger partial charge in [0.15, 0.2) is 0 Å². The number of aromatic nitrogens is 2. The SMILES string of the molecule is CCc1nc2scc(-c3ccc(F)cc3)c2c(=O)n1CCOC. The fraction of sp³-hybridized carbons (Fsp3) is 0.294. The van der Waals surface area contributed by atoms with Crippen molar-refractivity contribution in [3.8, 4) is 11.1 Å². The van der Waals surface area contributed by atoms with Crippen LogP contribution >= 0.6 is 11.3 Å². The largest absolute Gasteiger partial charge is 0.383 e. The normalized spacial score (nSPS) is 11.3. The van der Waals surface area contributed by atoms with Crippen molar-refractivity contribution in [2.75, 3.05) is 13.7 Å². The van der Waals surface area contributed by atoms with Crippen LogP contribution in [0.5, 0.6) is 0 Å². The first-order valence-electron chi connectivity index (χ1n) is 7.41. The lowest BCUT2D eigenvalue weighted by molar-refractivity contribution is 0.185. The van der Waals surface area contributed by atoms with Crippen LogP contribution in [0.2, 0.25) is 0 Å². The minimum absolute atomic E-state index is 0.0653. The molecule has 120 valence electrons. The number of halogens is 1. The summed E-state index contributed by atoms with van der Waals surface area (Å²) in [5, 5.41) is 2.50. The molecule has 0 aliphatic heterocycles. The maximum atomic E-state index is 13.1. The molecule has 0 aliphatic carbocycles. The molecule has 0 radical (unpaired) electrons. The van der Waals surface area contributed by atoms with Crippen LogP contribution in [-0.4, -0.2) is 23.3 Å². The first-order chi connectivity index (χ1) is 11.2. The smallest absolute Gasteiger partial charge is 0.262 e. The van der Waals surface area contributed by atoms with Gasteiger partial charge in [0.25, 0.3) is 5.56 Å². The van der Waals surface area contributed by atoms with Crippen LogP contribution in [0.4, 0.5) is 4.39 Å². The number of methoxy groups -OCH3 is 1. The second-order valence-electron chi connectivity index (χ2n) is 5.17. The Hall–Kier alpha value is -2.05. The number of hydrogen-bond acceptors (Lipinski definition) is 4. The van der Waals surface area contributed by atoms with E-state index in [0.29, 0.717) is 25.0 Å². The molecule has 0 spiro atoms. The predicted molar refractivity (Wildman–Crippen MR) is 90.5 cm³/mol. The summed E-state index contributed by atoms with van der Waals surface area (Å²) in [5.41, 5.74) is 1.56. The summed E-state index contributed by atoms with van der Waals surface area (Å²) in [6.07, 6.45) is 0.679. The van der Waals surface area contributed by atoms with Gasteiger partial charge in [-0.15, -0.1) is 11.3 Å². The van der Waals surface area contributed by atoms with Crippen LogP contribution in [0.3, 0.4) is 0 Å². The molecule has 0 atom stereocenters. The Morgan fingerprint density at radius 3 is 2.70 bits per heavy atom. The van der Waals surface area contributed by atoms with Crippen LogP contribution in [0.1, 0.15) is 12.7 Å². The summed E-state index contributed by atoms with van der Waals surface area (Å²) >= 11 is 1.44. The molecule has 0 aliphatic rings. The van der Waals surface area contributed by atoms with Gasteiger partial charge >= 0.3 is 0 Å². The van der Waals surface area contributed by atoms with Gasteiger partial charge in [-0.1, -0.05) is 19.1 Å². The average molecular weight is 332 g/mol. The number of rotatable bonds is 5. The molecule has 0 N–H and O–H groups in total. The van der Waals surface area contributed by atoms with Crippen molar-refractivity contribution in [1.82, 2.24) is 9.55 Å². The van der Waals surface area contributed by atoms with Gasteiger partial charge in [-0.3, -0.25) is 9.36 Å². The lowest BCUT2D eigenvalue weighted by Gasteiger charge is -2.11. The van der Waals surface area contributed by atoms with Gasteiger partial charge in [-0.2, -0.15) is 0 Å². The third kappa shape index (κ3) is 2.92. The highest BCUT2D eigenvalue weighted by Crippen LogP contribution is 2.31. The Morgan fingerprint density at radius 1 is 1.30 bits per heavy atom. The van der Waals surface area contributed by atoms with Gasteiger partial charge in [0.05, 0.1) is 18.5 Å². The van der Waals surface area contributed by atoms with Crippen molar-refractivity contribution in [2.45, 2.75) is 19.9 Å². The van der Waals surface area contributed by atoms with Gasteiger partial charge in [-0.25, -0.2) is 9.37 Å². The van der Waals surface area contributed by atoms with Crippen molar-refractivity contribution in [1.29, 1.82) is 0 Å². The molecule has 2 heterocycles. The molecule has 3 rings (SSSR count). The zero-order valence-corrected chi connectivity index (χ0v) is 13.8. The van der Waals surface area contributed by atoms with Crippen LogP contribution in [0.25, 0.3) is 21.3 Å². The summed E-state index contributed by atoms with van der Waals surface area (Å²) in [5.74, 6) is 0.462. The van der Waals surface area contributed by atoms with E-state index >= 15 is 0 Å². The Morgan fingerprint density at radius 2 is 2.04 bits per heavy atom. The van der Waals surface area contributed by atoms with Gasteiger partial charge in [0.1, 0.15) is 16.5 Å². The summed E-state index contributed by atoms with van der Waals surface area (Å²) in [6, 6.07) is 6.17. The zero-order chi connectivity index (χ0) is 16.4. The molecule has 2 aromatic heterocycles. The molecule has 0 amide bonds. The maximum absolute atomic E-state index is 13.1. The highest BCUT2D eigenvalue weighted by atomic mass is 32.1. The van der Waals surface area contributed by atoms with E-state index in [-0.39, 0.29) is 11.4 Å². The number of fused-ring (bicyclic) bond motifs is 1. The van der Waals surface area contributed by atoms with Gasteiger partial charge < -0.3 is 4.74 Å². The van der Waals surface area contributed by atoms with Crippen molar-refractivity contribution in [3.05, 3.63) is 51.6 Å². The van der Waals surface area contributed by atoms with E-state index in [2.05, 4.69) is 4.98 Å². The zero-order valence-electron chi connectivity index (χ0n) is 13.0. The van der Waals surface area contributed by atoms with E-state index in [1.807, 2.05) is 12.3 Å². The average Bonchev–Trinajstić information content (AvgIpc) is 2.98. The van der Waals surface area contributed by atoms with Gasteiger partial charge in [0.2, 0.25) is 0 Å². The van der Waals surface area contributed by atoms with Crippen molar-refractivity contribution < 1.29 is 9.13 Å². The molecular formula is C17H17FN2O2S. The Balaban J connectivity index is 2.22. The van der Waals surface area contributed by atoms with Crippen LogP contribution < -0.4 is 5.56 Å². The Kier molecular flexibility index (Phi) is 4.54. The predicted octanol–water partition coefficient (Wildman–Crippen LogP) is 3.47. The summed E-state index contributed by atoms with van der Waals surface area (Å²) in [7, 11) is 1.61. The third-order valence-corrected chi connectivity index (χ3v) is 4.64. The Labute approximate surface area is 137 Å². The van der Waals surface area contributed by atoms with Gasteiger partial charge in [0, 0.05) is 24.5 Å². The molecule has 0 saturated heterocycles. The van der Waals surface area contributed by atoms with Crippen molar-refractivity contribution in [3.63, 3.8) is 0 Å². The van der Waals surface area contributed by atoms with E-state index in [9.17, 15) is 9.18 Å². The minimum Gasteiger partial charge on any atom is -0.383 e. The van der Waals surface area contributed by atoms with E-state index in [0.717, 1.165) is 21.8 Å². The number of nitrogens with zero attached hydrogens (tertiary/aromatic N) is 2. The second kappa shape index (κ2) is 6.60. The highest BCUT2D eigenvalue weighted by Gasteiger charge is 2.16. The molecule has 0 bridgehead atoms.